The van der Waals surface area contributed by atoms with E-state index in [1.54, 1.807) is 0 Å². The van der Waals surface area contributed by atoms with Crippen LogP contribution in [-0.2, 0) is 32.5 Å². The Morgan fingerprint density at radius 2 is 0.500 bits per heavy atom. The molecule has 0 saturated heterocycles. The zero-order chi connectivity index (χ0) is 77.4. The SMILES string of the molecule is CC(C)(C)c1ccc(N2c3ccc(C(C)(C)C)cc3B3c4cc(C(C)(C)C)ccc4N(c4ccc(C(C)(C)C)cc4)c4cc(-n5c6c(N7c8ccccc8C8(c9ccccc9-c9ccccc98)c8ccccc87)cccc6c6cccc(N7c8ccccc8C8(c9ccccc9-c9ccccc98)c8ccccc87)c65)cc2c43)cc1. The molecule has 2 aliphatic carbocycles. The highest BCUT2D eigenvalue weighted by Gasteiger charge is 2.55. The van der Waals surface area contributed by atoms with Gasteiger partial charge in [-0.1, -0.05) is 326 Å². The molecule has 2 spiro atoms. The number of benzene rings is 15. The van der Waals surface area contributed by atoms with Gasteiger partial charge in [0.05, 0.1) is 61.7 Å². The van der Waals surface area contributed by atoms with Crippen LogP contribution in [0.15, 0.2) is 328 Å². The maximum atomic E-state index is 2.73. The fourth-order valence-electron chi connectivity index (χ4n) is 21.2. The van der Waals surface area contributed by atoms with Gasteiger partial charge >= 0.3 is 0 Å². The van der Waals surface area contributed by atoms with E-state index in [2.05, 4.69) is 435 Å². The lowest BCUT2D eigenvalue weighted by molar-refractivity contribution is 0.590. The Kier molecular flexibility index (Phi) is 14.3. The van der Waals surface area contributed by atoms with Crippen molar-refractivity contribution >= 4 is 113 Å². The molecule has 0 bridgehead atoms. The molecule has 114 heavy (non-hydrogen) atoms. The number of hydrogen-bond acceptors (Lipinski definition) is 4. The van der Waals surface area contributed by atoms with Crippen molar-refractivity contribution in [1.29, 1.82) is 0 Å². The Bertz CT molecular complexity index is 6170. The Hall–Kier alpha value is -12.6. The third-order valence-corrected chi connectivity index (χ3v) is 26.4. The van der Waals surface area contributed by atoms with E-state index in [0.717, 1.165) is 84.4 Å². The van der Waals surface area contributed by atoms with Gasteiger partial charge < -0.3 is 24.2 Å². The molecule has 5 nitrogen and oxygen atoms in total. The molecule has 22 rings (SSSR count). The van der Waals surface area contributed by atoms with Crippen LogP contribution in [0.4, 0.5) is 68.2 Å². The van der Waals surface area contributed by atoms with Crippen LogP contribution in [0.5, 0.6) is 0 Å². The first-order chi connectivity index (χ1) is 55.1. The van der Waals surface area contributed by atoms with Crippen LogP contribution in [0, 0.1) is 0 Å². The normalized spacial score (nSPS) is 14.9. The fourth-order valence-corrected chi connectivity index (χ4v) is 21.2. The minimum Gasteiger partial charge on any atom is -0.311 e. The van der Waals surface area contributed by atoms with Gasteiger partial charge in [0, 0.05) is 44.9 Å². The molecule has 0 unspecified atom stereocenters. The van der Waals surface area contributed by atoms with E-state index in [1.807, 2.05) is 0 Å². The highest BCUT2D eigenvalue weighted by Crippen LogP contribution is 2.67. The van der Waals surface area contributed by atoms with Crippen LogP contribution in [0.1, 0.15) is 150 Å². The number of para-hydroxylation sites is 6. The minimum atomic E-state index is -0.619. The van der Waals surface area contributed by atoms with Gasteiger partial charge in [0.1, 0.15) is 0 Å². The van der Waals surface area contributed by atoms with Crippen molar-refractivity contribution in [1.82, 2.24) is 4.57 Å². The summed E-state index contributed by atoms with van der Waals surface area (Å²) < 4.78 is 2.73. The van der Waals surface area contributed by atoms with E-state index < -0.39 is 10.8 Å². The molecule has 0 saturated carbocycles. The number of fused-ring (bicyclic) bond motifs is 25. The van der Waals surface area contributed by atoms with Crippen LogP contribution < -0.4 is 36.0 Å². The molecule has 16 aromatic rings. The Morgan fingerprint density at radius 3 is 0.816 bits per heavy atom. The summed E-state index contributed by atoms with van der Waals surface area (Å²) in [6.45, 7) is 28.0. The molecule has 15 aromatic carbocycles. The first-order valence-corrected chi connectivity index (χ1v) is 40.9. The minimum absolute atomic E-state index is 0.0717. The average molecular weight is 1470 g/mol. The highest BCUT2D eigenvalue weighted by atomic mass is 15.2. The molecule has 0 amide bonds. The summed E-state index contributed by atoms with van der Waals surface area (Å²) in [7, 11) is 0. The van der Waals surface area contributed by atoms with Gasteiger partial charge in [-0.05, 0) is 212 Å². The number of aromatic nitrogens is 1. The van der Waals surface area contributed by atoms with Crippen molar-refractivity contribution in [3.8, 4) is 27.9 Å². The highest BCUT2D eigenvalue weighted by molar-refractivity contribution is 7.00. The van der Waals surface area contributed by atoms with Crippen LogP contribution >= 0.6 is 0 Å². The standard InChI is InChI=1S/C108H90BN5/c1-103(2,3)67-51-57-71(58-52-67)110-94-61-55-69(105(7,8)9)63-88(94)109-89-64-70(106(10,11)12)56-62-95(89)111(72-59-53-68(54-60-72)104(4,5)6)99-66-73(65-98(110)100(99)109)112-101-78(35-29-49-96(101)113-90-45-25-21-41-84(90)107(85-42-22-26-46-91(85)113)80-37-17-13-31-74(80)75-32-14-18-38-81(75)107)79-36-30-50-97(102(79)112)114-92-47-27-23-43-86(92)108(87-44-24-28-48-93(87)114)82-39-19-15-33-76(82)77-34-16-20-40-83(77)108/h13-66H,1-12H3. The van der Waals surface area contributed by atoms with Crippen molar-refractivity contribution in [3.05, 3.63) is 394 Å². The zero-order valence-corrected chi connectivity index (χ0v) is 67.0. The molecule has 0 radical (unpaired) electrons. The van der Waals surface area contributed by atoms with Gasteiger partial charge in [-0.15, -0.1) is 0 Å². The molecular weight excluding hydrogens is 1380 g/mol. The molecule has 5 heterocycles. The molecule has 1 aromatic heterocycles. The van der Waals surface area contributed by atoms with Gasteiger partial charge in [0.15, 0.2) is 0 Å². The van der Waals surface area contributed by atoms with E-state index in [-0.39, 0.29) is 28.4 Å². The second-order valence-electron chi connectivity index (χ2n) is 36.7. The van der Waals surface area contributed by atoms with Crippen molar-refractivity contribution in [3.63, 3.8) is 0 Å². The number of anilines is 12. The van der Waals surface area contributed by atoms with Crippen molar-refractivity contribution < 1.29 is 0 Å². The van der Waals surface area contributed by atoms with E-state index in [4.69, 9.17) is 0 Å². The predicted molar refractivity (Wildman–Crippen MR) is 481 cm³/mol. The number of nitrogens with zero attached hydrogens (tertiary/aromatic N) is 5. The molecular formula is C108H90BN5. The third-order valence-electron chi connectivity index (χ3n) is 26.4. The summed E-state index contributed by atoms with van der Waals surface area (Å²) in [6.07, 6.45) is 0. The Balaban J connectivity index is 0.902. The fraction of sp³-hybridized carbons (Fsp3) is 0.167. The second kappa shape index (κ2) is 24.0. The van der Waals surface area contributed by atoms with Crippen molar-refractivity contribution in [2.24, 2.45) is 0 Å². The van der Waals surface area contributed by atoms with Crippen LogP contribution in [0.2, 0.25) is 0 Å². The third kappa shape index (κ3) is 9.31. The topological polar surface area (TPSA) is 17.9 Å². The Morgan fingerprint density at radius 1 is 0.219 bits per heavy atom. The Labute approximate surface area is 670 Å². The molecule has 0 atom stereocenters. The smallest absolute Gasteiger partial charge is 0.252 e. The quantitative estimate of drug-likeness (QED) is 0.160. The van der Waals surface area contributed by atoms with Gasteiger partial charge in [-0.25, -0.2) is 0 Å². The lowest BCUT2D eigenvalue weighted by atomic mass is 9.33. The maximum absolute atomic E-state index is 2.73. The van der Waals surface area contributed by atoms with E-state index in [9.17, 15) is 0 Å². The van der Waals surface area contributed by atoms with Gasteiger partial charge in [-0.2, -0.15) is 0 Å². The molecule has 550 valence electrons. The summed E-state index contributed by atoms with van der Waals surface area (Å²) in [4.78, 5) is 10.6. The summed E-state index contributed by atoms with van der Waals surface area (Å²) >= 11 is 0. The van der Waals surface area contributed by atoms with E-state index in [0.29, 0.717) is 0 Å². The molecule has 0 fully saturated rings. The van der Waals surface area contributed by atoms with Gasteiger partial charge in [0.2, 0.25) is 0 Å². The van der Waals surface area contributed by atoms with Gasteiger partial charge in [-0.3, -0.25) is 0 Å². The van der Waals surface area contributed by atoms with E-state index in [1.165, 1.54) is 117 Å². The molecule has 6 aliphatic rings. The summed E-state index contributed by atoms with van der Waals surface area (Å²) in [5, 5.41) is 2.30. The number of rotatable bonds is 5. The average Bonchev–Trinajstić information content (AvgIpc) is 1.43. The van der Waals surface area contributed by atoms with Crippen LogP contribution in [-0.4, -0.2) is 11.3 Å². The summed E-state index contributed by atoms with van der Waals surface area (Å²) in [5.74, 6) is 0. The van der Waals surface area contributed by atoms with Crippen LogP contribution in [0.25, 0.3) is 49.7 Å². The lowest BCUT2D eigenvalue weighted by Crippen LogP contribution is -2.61. The van der Waals surface area contributed by atoms with E-state index >= 15 is 0 Å². The maximum Gasteiger partial charge on any atom is 0.252 e. The zero-order valence-electron chi connectivity index (χ0n) is 67.0. The first kappa shape index (κ1) is 68.2. The monoisotopic (exact) mass is 1470 g/mol. The largest absolute Gasteiger partial charge is 0.311 e. The van der Waals surface area contributed by atoms with Crippen LogP contribution in [0.3, 0.4) is 0 Å². The lowest BCUT2D eigenvalue weighted by Gasteiger charge is -2.46. The van der Waals surface area contributed by atoms with Gasteiger partial charge in [0.25, 0.3) is 6.71 Å². The number of hydrogen-bond donors (Lipinski definition) is 0. The molecule has 0 N–H and O–H groups in total. The summed E-state index contributed by atoms with van der Waals surface area (Å²) in [6, 6.07) is 128. The summed E-state index contributed by atoms with van der Waals surface area (Å²) in [5.41, 5.74) is 39.6. The molecule has 6 heteroatoms. The predicted octanol–water partition coefficient (Wildman–Crippen LogP) is 26.3. The second-order valence-corrected chi connectivity index (χ2v) is 36.7. The first-order valence-electron chi connectivity index (χ1n) is 40.9. The molecule has 4 aliphatic heterocycles. The van der Waals surface area contributed by atoms with Crippen molar-refractivity contribution in [2.45, 2.75) is 116 Å². The van der Waals surface area contributed by atoms with Crippen molar-refractivity contribution in [2.75, 3.05) is 19.6 Å².